The predicted octanol–water partition coefficient (Wildman–Crippen LogP) is 4.65. The molecule has 4 rings (SSSR count). The first-order chi connectivity index (χ1) is 19.6. The summed E-state index contributed by atoms with van der Waals surface area (Å²) in [6, 6.07) is 3.92. The van der Waals surface area contributed by atoms with E-state index in [2.05, 4.69) is 30.6 Å². The van der Waals surface area contributed by atoms with Crippen molar-refractivity contribution < 1.29 is 31.8 Å². The van der Waals surface area contributed by atoms with Crippen molar-refractivity contribution in [2.45, 2.75) is 19.6 Å². The van der Waals surface area contributed by atoms with Gasteiger partial charge in [0.25, 0.3) is 0 Å². The molecule has 3 aromatic heterocycles. The molecule has 0 aliphatic rings. The number of carbonyl (C=O) groups is 1. The van der Waals surface area contributed by atoms with E-state index >= 15 is 0 Å². The monoisotopic (exact) mass is 588 g/mol. The number of likely N-dealkylation sites (N-methyl/N-ethyl adjacent to an activating group) is 1. The molecule has 4 aromatic rings. The lowest BCUT2D eigenvalue weighted by atomic mass is 10.1. The van der Waals surface area contributed by atoms with Crippen LogP contribution in [0, 0.1) is 22.9 Å². The van der Waals surface area contributed by atoms with Gasteiger partial charge in [0, 0.05) is 31.1 Å². The zero-order chi connectivity index (χ0) is 30.8. The zero-order valence-electron chi connectivity index (χ0n) is 22.9. The fraction of sp³-hybridized carbons (Fsp3) is 0.269. The number of alkyl halides is 3. The molecular weight excluding hydrogens is 562 g/mol. The van der Waals surface area contributed by atoms with Crippen molar-refractivity contribution in [2.24, 2.45) is 7.05 Å². The molecule has 0 aliphatic heterocycles. The minimum absolute atomic E-state index is 0.0542. The number of amides is 1. The number of nitrogens with zero attached hydrogens (tertiary/aromatic N) is 7. The number of fused-ring (bicyclic) bond motifs is 1. The van der Waals surface area contributed by atoms with E-state index in [4.69, 9.17) is 0 Å². The summed E-state index contributed by atoms with van der Waals surface area (Å²) in [5.41, 5.74) is -0.676. The number of halogens is 4. The van der Waals surface area contributed by atoms with Gasteiger partial charge in [-0.3, -0.25) is 4.79 Å². The molecular formula is C26H26F4N9O3+. The van der Waals surface area contributed by atoms with Crippen LogP contribution >= 0.6 is 0 Å². The maximum atomic E-state index is 13.7. The van der Waals surface area contributed by atoms with Crippen LogP contribution in [0.15, 0.2) is 48.9 Å². The Morgan fingerprint density at radius 2 is 1.93 bits per heavy atom. The van der Waals surface area contributed by atoms with Crippen molar-refractivity contribution in [3.63, 3.8) is 0 Å². The Morgan fingerprint density at radius 1 is 1.19 bits per heavy atom. The number of anilines is 3. The van der Waals surface area contributed by atoms with Crippen LogP contribution in [0.2, 0.25) is 0 Å². The van der Waals surface area contributed by atoms with Crippen LogP contribution in [0.25, 0.3) is 10.9 Å². The number of carbonyl (C=O) groups excluding carboxylic acids is 1. The lowest BCUT2D eigenvalue weighted by Gasteiger charge is -2.28. The van der Waals surface area contributed by atoms with Gasteiger partial charge in [-0.25, -0.2) is 19.3 Å². The number of nitro groups is 1. The summed E-state index contributed by atoms with van der Waals surface area (Å²) < 4.78 is 55.0. The smallest absolute Gasteiger partial charge is 0.358 e. The Balaban J connectivity index is 1.47. The second kappa shape index (κ2) is 11.5. The number of hydrogen-bond acceptors (Lipinski definition) is 8. The SMILES string of the molecule is Cc1nc([N+](=O)[O-])c(C[N+](C)(C)CC=CC(=O)Nc2cc3c(Nc4ccc(F)c(C(F)(F)F)c4)ncnc3cn2)n1C. The highest BCUT2D eigenvalue weighted by molar-refractivity contribution is 6.00. The fourth-order valence-electron chi connectivity index (χ4n) is 4.13. The first kappa shape index (κ1) is 30.0. The molecule has 0 saturated heterocycles. The molecule has 0 spiro atoms. The van der Waals surface area contributed by atoms with Crippen LogP contribution in [-0.4, -0.2) is 60.5 Å². The summed E-state index contributed by atoms with van der Waals surface area (Å²) in [4.78, 5) is 39.8. The highest BCUT2D eigenvalue weighted by atomic mass is 19.4. The zero-order valence-corrected chi connectivity index (χ0v) is 22.9. The minimum atomic E-state index is -4.88. The summed E-state index contributed by atoms with van der Waals surface area (Å²) in [6.07, 6.45) is 0.577. The Bertz CT molecular complexity index is 1700. The molecule has 16 heteroatoms. The summed E-state index contributed by atoms with van der Waals surface area (Å²) in [5, 5.41) is 17.1. The maximum absolute atomic E-state index is 13.7. The van der Waals surface area contributed by atoms with Crippen LogP contribution in [0.1, 0.15) is 17.1 Å². The fourth-order valence-corrected chi connectivity index (χ4v) is 4.13. The van der Waals surface area contributed by atoms with E-state index in [0.29, 0.717) is 52.1 Å². The van der Waals surface area contributed by atoms with Gasteiger partial charge in [0.1, 0.15) is 30.3 Å². The number of nitrogens with one attached hydrogen (secondary N) is 2. The summed E-state index contributed by atoms with van der Waals surface area (Å²) in [5.74, 6) is -1.36. The highest BCUT2D eigenvalue weighted by Crippen LogP contribution is 2.34. The quantitative estimate of drug-likeness (QED) is 0.0947. The standard InChI is InChI=1S/C26H25F4N9O3/c1-15-34-25(38(41)42)21(37(15)2)13-39(3,4)9-5-6-23(40)36-22-11-17-20(12-31-22)32-14-33-24(17)35-16-7-8-19(27)18(10-16)26(28,29)30/h5-8,10-12,14H,9,13H2,1-4H3,(H-,31,32,33,35,36,40)/p+1. The second-order valence-electron chi connectivity index (χ2n) is 10.0. The topological polar surface area (TPSA) is 141 Å². The molecule has 0 radical (unpaired) electrons. The van der Waals surface area contributed by atoms with Crippen molar-refractivity contribution in [1.29, 1.82) is 0 Å². The van der Waals surface area contributed by atoms with E-state index in [1.807, 2.05) is 14.1 Å². The van der Waals surface area contributed by atoms with E-state index < -0.39 is 28.4 Å². The van der Waals surface area contributed by atoms with Crippen LogP contribution in [0.4, 0.5) is 40.7 Å². The number of pyridine rings is 1. The Hall–Kier alpha value is -4.99. The number of imidazole rings is 1. The third-order valence-electron chi connectivity index (χ3n) is 6.34. The molecule has 12 nitrogen and oxygen atoms in total. The largest absolute Gasteiger partial charge is 0.419 e. The van der Waals surface area contributed by atoms with Crippen molar-refractivity contribution in [1.82, 2.24) is 24.5 Å². The van der Waals surface area contributed by atoms with Crippen LogP contribution < -0.4 is 10.6 Å². The lowest BCUT2D eigenvalue weighted by Crippen LogP contribution is -2.39. The summed E-state index contributed by atoms with van der Waals surface area (Å²) in [7, 11) is 5.41. The number of benzene rings is 1. The van der Waals surface area contributed by atoms with E-state index in [1.54, 1.807) is 24.6 Å². The maximum Gasteiger partial charge on any atom is 0.419 e. The minimum Gasteiger partial charge on any atom is -0.358 e. The first-order valence-electron chi connectivity index (χ1n) is 12.4. The molecule has 0 bridgehead atoms. The number of aromatic nitrogens is 5. The van der Waals surface area contributed by atoms with Gasteiger partial charge in [-0.15, -0.1) is 0 Å². The van der Waals surface area contributed by atoms with E-state index in [0.717, 1.165) is 6.07 Å². The Labute approximate surface area is 236 Å². The molecule has 1 amide bonds. The molecule has 220 valence electrons. The van der Waals surface area contributed by atoms with Gasteiger partial charge in [-0.1, -0.05) is 0 Å². The Kier molecular flexibility index (Phi) is 8.19. The predicted molar refractivity (Wildman–Crippen MR) is 145 cm³/mol. The average Bonchev–Trinajstić information content (AvgIpc) is 3.17. The number of rotatable bonds is 9. The van der Waals surface area contributed by atoms with Crippen LogP contribution in [0.3, 0.4) is 0 Å². The molecule has 0 atom stereocenters. The summed E-state index contributed by atoms with van der Waals surface area (Å²) >= 11 is 0. The number of quaternary nitrogens is 1. The Morgan fingerprint density at radius 3 is 2.62 bits per heavy atom. The van der Waals surface area contributed by atoms with Gasteiger partial charge in [0.15, 0.2) is 5.69 Å². The molecule has 2 N–H and O–H groups in total. The van der Waals surface area contributed by atoms with Crippen molar-refractivity contribution in [2.75, 3.05) is 31.3 Å². The molecule has 0 aliphatic carbocycles. The number of hydrogen-bond donors (Lipinski definition) is 2. The molecule has 42 heavy (non-hydrogen) atoms. The average molecular weight is 589 g/mol. The second-order valence-corrected chi connectivity index (χ2v) is 10.0. The van der Waals surface area contributed by atoms with Gasteiger partial charge in [-0.2, -0.15) is 13.2 Å². The van der Waals surface area contributed by atoms with Crippen LogP contribution in [-0.2, 0) is 24.6 Å². The molecule has 3 heterocycles. The first-order valence-corrected chi connectivity index (χ1v) is 12.4. The van der Waals surface area contributed by atoms with Gasteiger partial charge in [0.2, 0.25) is 11.7 Å². The van der Waals surface area contributed by atoms with Gasteiger partial charge in [0.05, 0.1) is 37.9 Å². The third-order valence-corrected chi connectivity index (χ3v) is 6.34. The van der Waals surface area contributed by atoms with E-state index in [9.17, 15) is 32.5 Å². The van der Waals surface area contributed by atoms with Crippen LogP contribution in [0.5, 0.6) is 0 Å². The van der Waals surface area contributed by atoms with Crippen molar-refractivity contribution in [3.05, 3.63) is 82.0 Å². The molecule has 0 fully saturated rings. The number of aryl methyl sites for hydroxylation is 1. The van der Waals surface area contributed by atoms with E-state index in [-0.39, 0.29) is 23.1 Å². The lowest BCUT2D eigenvalue weighted by molar-refractivity contribution is -0.898. The van der Waals surface area contributed by atoms with Crippen molar-refractivity contribution in [3.8, 4) is 0 Å². The van der Waals surface area contributed by atoms with Gasteiger partial charge < -0.3 is 29.8 Å². The highest BCUT2D eigenvalue weighted by Gasteiger charge is 2.34. The van der Waals surface area contributed by atoms with Crippen molar-refractivity contribution >= 4 is 40.0 Å². The molecule has 0 saturated carbocycles. The normalized spacial score (nSPS) is 12.2. The van der Waals surface area contributed by atoms with E-state index in [1.165, 1.54) is 24.7 Å². The van der Waals surface area contributed by atoms with Gasteiger partial charge >= 0.3 is 12.0 Å². The van der Waals surface area contributed by atoms with Gasteiger partial charge in [-0.05, 0) is 40.2 Å². The molecule has 0 unspecified atom stereocenters. The third kappa shape index (κ3) is 6.83. The summed E-state index contributed by atoms with van der Waals surface area (Å²) in [6.45, 7) is 2.33. The molecule has 1 aromatic carbocycles.